The van der Waals surface area contributed by atoms with Crippen LogP contribution in [0.3, 0.4) is 0 Å². The van der Waals surface area contributed by atoms with Crippen LogP contribution >= 0.6 is 0 Å². The first-order valence-electron chi connectivity index (χ1n) is 2.24. The second-order valence-corrected chi connectivity index (χ2v) is 1.53. The molecule has 0 fully saturated rings. The summed E-state index contributed by atoms with van der Waals surface area (Å²) in [5, 5.41) is 35.7. The van der Waals surface area contributed by atoms with Crippen LogP contribution in [-0.2, 0) is 9.59 Å². The van der Waals surface area contributed by atoms with E-state index in [0.717, 1.165) is 0 Å². The largest absolute Gasteiger partial charge is 3.00 e. The first kappa shape index (κ1) is 24.6. The average molecular weight is 419 g/mol. The molecule has 2 atom stereocenters. The van der Waals surface area contributed by atoms with E-state index in [9.17, 15) is 19.8 Å². The molecule has 0 saturated carbocycles. The number of hydrogen-bond donors (Lipinski definition) is 2. The number of aliphatic carboxylic acids is 2. The summed E-state index contributed by atoms with van der Waals surface area (Å²) >= 11 is 0. The molecule has 0 spiro atoms. The zero-order chi connectivity index (χ0) is 8.31. The SMILES string of the molecule is O=C([O-])C(O)C(O)C(=O)[O-].[Bi+3].[K+].[Na+]. The Kier molecular flexibility index (Phi) is 23.5. The predicted molar refractivity (Wildman–Crippen MR) is 27.8 cm³/mol. The molecule has 2 radical (unpaired) electrons. The number of carbonyl (C=O) groups excluding carboxylic acids is 2. The van der Waals surface area contributed by atoms with Gasteiger partial charge in [-0.05, 0) is 0 Å². The molecule has 0 bridgehead atoms. The molecule has 2 unspecified atom stereocenters. The third-order valence-corrected chi connectivity index (χ3v) is 0.782. The number of hydrogen-bond acceptors (Lipinski definition) is 6. The molecule has 0 aliphatic heterocycles. The molecule has 0 aromatic carbocycles. The van der Waals surface area contributed by atoms with Crippen LogP contribution in [-0.4, -0.2) is 60.6 Å². The smallest absolute Gasteiger partial charge is 0.547 e. The second-order valence-electron chi connectivity index (χ2n) is 1.53. The van der Waals surface area contributed by atoms with Crippen LogP contribution in [0.2, 0.25) is 0 Å². The first-order chi connectivity index (χ1) is 4.46. The molecule has 0 aromatic rings. The van der Waals surface area contributed by atoms with E-state index in [-0.39, 0.29) is 107 Å². The molecule has 9 heteroatoms. The molecule has 0 rings (SSSR count). The molecular weight excluding hydrogens is 415 g/mol. The van der Waals surface area contributed by atoms with E-state index in [1.54, 1.807) is 0 Å². The molecule has 0 amide bonds. The molecule has 0 saturated heterocycles. The number of carboxylic acid groups (broad SMARTS) is 2. The van der Waals surface area contributed by atoms with Gasteiger partial charge >= 0.3 is 107 Å². The summed E-state index contributed by atoms with van der Waals surface area (Å²) in [5.74, 6) is -4.12. The summed E-state index contributed by atoms with van der Waals surface area (Å²) in [7, 11) is 0. The second kappa shape index (κ2) is 12.4. The normalized spacial score (nSPS) is 12.2. The number of aliphatic hydroxyl groups excluding tert-OH is 2. The molecule has 0 aliphatic rings. The number of aliphatic hydroxyl groups is 2. The standard InChI is InChI=1S/C4H6O6.Bi.K.Na/c5-1(3(7)8)2(6)4(9)10;;;/h1-2,5-6H,(H,7,8)(H,9,10);;;/q;+3;2*+1/p-2. The Morgan fingerprint density at radius 3 is 1.23 bits per heavy atom. The quantitative estimate of drug-likeness (QED) is 0.439. The number of carbonyl (C=O) groups is 2. The third kappa shape index (κ3) is 10.7. The van der Waals surface area contributed by atoms with Crippen molar-refractivity contribution >= 4 is 38.1 Å². The molecule has 0 aliphatic carbocycles. The van der Waals surface area contributed by atoms with E-state index >= 15 is 0 Å². The van der Waals surface area contributed by atoms with Crippen molar-refractivity contribution in [3.63, 3.8) is 0 Å². The fraction of sp³-hybridized carbons (Fsp3) is 0.500. The summed E-state index contributed by atoms with van der Waals surface area (Å²) in [5.41, 5.74) is 0. The van der Waals surface area contributed by atoms with E-state index in [1.807, 2.05) is 0 Å². The number of rotatable bonds is 3. The van der Waals surface area contributed by atoms with Crippen molar-refractivity contribution in [2.75, 3.05) is 0 Å². The Bertz CT molecular complexity index is 149. The van der Waals surface area contributed by atoms with Gasteiger partial charge in [0.2, 0.25) is 0 Å². The summed E-state index contributed by atoms with van der Waals surface area (Å²) in [6.45, 7) is 0. The van der Waals surface area contributed by atoms with Crippen molar-refractivity contribution in [2.45, 2.75) is 12.2 Å². The van der Waals surface area contributed by atoms with Crippen LogP contribution in [0.15, 0.2) is 0 Å². The molecule has 6 nitrogen and oxygen atoms in total. The third-order valence-electron chi connectivity index (χ3n) is 0.782. The Morgan fingerprint density at radius 1 is 1.00 bits per heavy atom. The van der Waals surface area contributed by atoms with Crippen molar-refractivity contribution in [3.05, 3.63) is 0 Å². The van der Waals surface area contributed by atoms with Crippen LogP contribution in [0.4, 0.5) is 0 Å². The molecular formula is C4H4BiKNaO6+3. The van der Waals surface area contributed by atoms with E-state index in [4.69, 9.17) is 10.2 Å². The van der Waals surface area contributed by atoms with Gasteiger partial charge in [-0.25, -0.2) is 0 Å². The summed E-state index contributed by atoms with van der Waals surface area (Å²) < 4.78 is 0. The van der Waals surface area contributed by atoms with Gasteiger partial charge in [0, 0.05) is 0 Å². The first-order valence-corrected chi connectivity index (χ1v) is 2.24. The van der Waals surface area contributed by atoms with Crippen LogP contribution in [0.25, 0.3) is 0 Å². The van der Waals surface area contributed by atoms with E-state index < -0.39 is 24.1 Å². The monoisotopic (exact) mass is 419 g/mol. The molecule has 2 N–H and O–H groups in total. The van der Waals surface area contributed by atoms with Crippen molar-refractivity contribution in [1.29, 1.82) is 0 Å². The van der Waals surface area contributed by atoms with Crippen molar-refractivity contribution in [2.24, 2.45) is 0 Å². The van der Waals surface area contributed by atoms with Gasteiger partial charge in [-0.15, -0.1) is 0 Å². The molecule has 0 heterocycles. The van der Waals surface area contributed by atoms with Gasteiger partial charge in [0.1, 0.15) is 12.2 Å². The summed E-state index contributed by atoms with van der Waals surface area (Å²) in [4.78, 5) is 19.3. The average Bonchev–Trinajstić information content (AvgIpc) is 1.84. The fourth-order valence-corrected chi connectivity index (χ4v) is 0.258. The van der Waals surface area contributed by atoms with E-state index in [1.165, 1.54) is 0 Å². The van der Waals surface area contributed by atoms with Crippen LogP contribution in [0.1, 0.15) is 0 Å². The van der Waals surface area contributed by atoms with Crippen molar-refractivity contribution < 1.29 is 111 Å². The zero-order valence-corrected chi connectivity index (χ0v) is 15.7. The van der Waals surface area contributed by atoms with Crippen LogP contribution in [0.5, 0.6) is 0 Å². The minimum absolute atomic E-state index is 0. The molecule has 13 heavy (non-hydrogen) atoms. The van der Waals surface area contributed by atoms with Gasteiger partial charge in [-0.3, -0.25) is 0 Å². The van der Waals surface area contributed by atoms with Gasteiger partial charge in [0.05, 0.1) is 11.9 Å². The summed E-state index contributed by atoms with van der Waals surface area (Å²) in [6, 6.07) is 0. The maximum atomic E-state index is 9.63. The van der Waals surface area contributed by atoms with Crippen molar-refractivity contribution in [3.8, 4) is 0 Å². The zero-order valence-electron chi connectivity index (χ0n) is 7.13. The predicted octanol–water partition coefficient (Wildman–Crippen LogP) is -11.2. The summed E-state index contributed by atoms with van der Waals surface area (Å²) in [6.07, 6.45) is -4.88. The van der Waals surface area contributed by atoms with Gasteiger partial charge in [-0.1, -0.05) is 0 Å². The topological polar surface area (TPSA) is 121 Å². The Morgan fingerprint density at radius 2 is 1.15 bits per heavy atom. The van der Waals surface area contributed by atoms with Crippen LogP contribution in [0, 0.1) is 0 Å². The Balaban J connectivity index is -0.000000135. The van der Waals surface area contributed by atoms with Gasteiger partial charge in [-0.2, -0.15) is 0 Å². The maximum absolute atomic E-state index is 9.63. The van der Waals surface area contributed by atoms with Crippen LogP contribution < -0.4 is 91.2 Å². The Hall–Kier alpha value is 2.38. The minimum Gasteiger partial charge on any atom is -0.547 e. The van der Waals surface area contributed by atoms with Gasteiger partial charge in [0.25, 0.3) is 0 Å². The van der Waals surface area contributed by atoms with E-state index in [0.29, 0.717) is 0 Å². The minimum atomic E-state index is -2.44. The molecule has 60 valence electrons. The Labute approximate surface area is 158 Å². The van der Waals surface area contributed by atoms with Crippen molar-refractivity contribution in [1.82, 2.24) is 0 Å². The molecule has 0 aromatic heterocycles. The maximum Gasteiger partial charge on any atom is 3.00 e. The van der Waals surface area contributed by atoms with E-state index in [2.05, 4.69) is 0 Å². The number of carboxylic acids is 2. The fourth-order valence-electron chi connectivity index (χ4n) is 0.258. The van der Waals surface area contributed by atoms with Gasteiger partial charge in [0.15, 0.2) is 0 Å². The van der Waals surface area contributed by atoms with Gasteiger partial charge < -0.3 is 30.0 Å².